The van der Waals surface area contributed by atoms with Gasteiger partial charge in [-0.15, -0.1) is 0 Å². The normalized spacial score (nSPS) is 15.8. The van der Waals surface area contributed by atoms with Gasteiger partial charge in [0.25, 0.3) is 0 Å². The number of nitrogens with zero attached hydrogens (tertiary/aromatic N) is 3. The maximum Gasteiger partial charge on any atom is 0.348 e. The zero-order chi connectivity index (χ0) is 18.7. The number of carbonyl (C=O) groups excluding carboxylic acids is 3. The molecule has 0 spiro atoms. The summed E-state index contributed by atoms with van der Waals surface area (Å²) >= 11 is 0. The number of esters is 3. The van der Waals surface area contributed by atoms with Crippen molar-refractivity contribution in [2.75, 3.05) is 14.2 Å². The maximum atomic E-state index is 12.5. The zero-order valence-electron chi connectivity index (χ0n) is 13.9. The van der Waals surface area contributed by atoms with Gasteiger partial charge in [0.05, 0.1) is 20.6 Å². The Bertz CT molecular complexity index is 856. The van der Waals surface area contributed by atoms with Crippen LogP contribution in [-0.4, -0.2) is 46.1 Å². The highest BCUT2D eigenvalue weighted by atomic mass is 16.5. The van der Waals surface area contributed by atoms with Gasteiger partial charge in [0.1, 0.15) is 12.3 Å². The Morgan fingerprint density at radius 3 is 2.40 bits per heavy atom. The van der Waals surface area contributed by atoms with Crippen molar-refractivity contribution in [3.05, 3.63) is 32.8 Å². The summed E-state index contributed by atoms with van der Waals surface area (Å²) in [4.78, 5) is 59.3. The van der Waals surface area contributed by atoms with Crippen LogP contribution in [-0.2, 0) is 41.7 Å². The number of hydrogen-bond acceptors (Lipinski definition) is 8. The summed E-state index contributed by atoms with van der Waals surface area (Å²) in [5, 5.41) is 0. The molecule has 0 bridgehead atoms. The van der Waals surface area contributed by atoms with E-state index in [0.29, 0.717) is 0 Å². The van der Waals surface area contributed by atoms with Crippen molar-refractivity contribution in [3.8, 4) is 0 Å². The van der Waals surface area contributed by atoms with Gasteiger partial charge in [0.15, 0.2) is 6.04 Å². The zero-order valence-corrected chi connectivity index (χ0v) is 13.9. The number of rotatable bonds is 5. The van der Waals surface area contributed by atoms with E-state index >= 15 is 0 Å². The molecule has 0 radical (unpaired) electrons. The summed E-state index contributed by atoms with van der Waals surface area (Å²) in [6.07, 6.45) is 1.04. The van der Waals surface area contributed by atoms with Crippen LogP contribution in [0.1, 0.15) is 19.4 Å². The molecule has 25 heavy (non-hydrogen) atoms. The lowest BCUT2D eigenvalue weighted by molar-refractivity contribution is -0.145. The Morgan fingerprint density at radius 1 is 1.16 bits per heavy atom. The fraction of sp³-hybridized carbons (Fsp3) is 0.500. The molecule has 0 amide bonds. The number of fused-ring (bicyclic) bond motifs is 1. The van der Waals surface area contributed by atoms with E-state index in [1.165, 1.54) is 20.1 Å². The van der Waals surface area contributed by atoms with E-state index in [-0.39, 0.29) is 25.3 Å². The molecule has 0 N–H and O–H groups in total. The second-order valence-electron chi connectivity index (χ2n) is 5.14. The Balaban J connectivity index is 2.49. The molecule has 0 aromatic carbocycles. The van der Waals surface area contributed by atoms with Crippen LogP contribution in [0.3, 0.4) is 0 Å². The molecule has 11 nitrogen and oxygen atoms in total. The standard InChI is InChI=1S/C14H17N3O8/c1-8(18)25-9-6-10(12(20)24-3)17-14(22)15(5-4-11(19)23-2)13(21)16(17)7-9/h6,10H,4-5,7H2,1-3H3. The molecule has 1 atom stereocenters. The lowest BCUT2D eigenvalue weighted by Crippen LogP contribution is -2.38. The third-order valence-corrected chi connectivity index (χ3v) is 3.54. The molecule has 1 aromatic rings. The second-order valence-corrected chi connectivity index (χ2v) is 5.14. The molecule has 0 fully saturated rings. The first kappa shape index (κ1) is 18.2. The Hall–Kier alpha value is -3.11. The van der Waals surface area contributed by atoms with Crippen LogP contribution >= 0.6 is 0 Å². The largest absolute Gasteiger partial charge is 0.469 e. The van der Waals surface area contributed by atoms with Gasteiger partial charge in [-0.2, -0.15) is 0 Å². The monoisotopic (exact) mass is 355 g/mol. The van der Waals surface area contributed by atoms with Crippen LogP contribution in [0.25, 0.3) is 0 Å². The molecule has 0 saturated carbocycles. The van der Waals surface area contributed by atoms with E-state index in [4.69, 9.17) is 4.74 Å². The molecule has 2 heterocycles. The quantitative estimate of drug-likeness (QED) is 0.463. The van der Waals surface area contributed by atoms with Gasteiger partial charge in [-0.1, -0.05) is 0 Å². The Morgan fingerprint density at radius 2 is 1.84 bits per heavy atom. The molecular formula is C14H17N3O8. The topological polar surface area (TPSA) is 128 Å². The van der Waals surface area contributed by atoms with E-state index in [2.05, 4.69) is 9.47 Å². The van der Waals surface area contributed by atoms with Gasteiger partial charge in [0.2, 0.25) is 0 Å². The fourth-order valence-electron chi connectivity index (χ4n) is 2.44. The molecule has 1 aliphatic heterocycles. The molecule has 0 saturated heterocycles. The van der Waals surface area contributed by atoms with Gasteiger partial charge in [-0.3, -0.25) is 9.59 Å². The van der Waals surface area contributed by atoms with E-state index in [0.717, 1.165) is 21.0 Å². The molecule has 1 aromatic heterocycles. The second kappa shape index (κ2) is 7.20. The van der Waals surface area contributed by atoms with E-state index in [1.54, 1.807) is 0 Å². The van der Waals surface area contributed by atoms with Crippen LogP contribution in [0.15, 0.2) is 21.4 Å². The van der Waals surface area contributed by atoms with E-state index in [9.17, 15) is 24.0 Å². The van der Waals surface area contributed by atoms with Crippen LogP contribution < -0.4 is 11.4 Å². The van der Waals surface area contributed by atoms with E-state index < -0.39 is 35.3 Å². The first-order valence-corrected chi connectivity index (χ1v) is 7.26. The number of aromatic nitrogens is 3. The van der Waals surface area contributed by atoms with Crippen LogP contribution in [0, 0.1) is 0 Å². The number of carbonyl (C=O) groups is 3. The molecule has 136 valence electrons. The fourth-order valence-corrected chi connectivity index (χ4v) is 2.44. The highest BCUT2D eigenvalue weighted by molar-refractivity contribution is 5.76. The van der Waals surface area contributed by atoms with Crippen molar-refractivity contribution >= 4 is 17.9 Å². The molecule has 2 rings (SSSR count). The average molecular weight is 355 g/mol. The van der Waals surface area contributed by atoms with Crippen molar-refractivity contribution in [1.29, 1.82) is 0 Å². The third-order valence-electron chi connectivity index (χ3n) is 3.54. The van der Waals surface area contributed by atoms with Gasteiger partial charge >= 0.3 is 29.3 Å². The molecule has 0 aliphatic carbocycles. The summed E-state index contributed by atoms with van der Waals surface area (Å²) < 4.78 is 16.7. The summed E-state index contributed by atoms with van der Waals surface area (Å²) in [5.41, 5.74) is -1.54. The first-order valence-electron chi connectivity index (χ1n) is 7.26. The van der Waals surface area contributed by atoms with E-state index in [1.807, 2.05) is 0 Å². The van der Waals surface area contributed by atoms with Crippen LogP contribution in [0.2, 0.25) is 0 Å². The minimum absolute atomic E-state index is 0.0371. The molecular weight excluding hydrogens is 338 g/mol. The van der Waals surface area contributed by atoms with Crippen molar-refractivity contribution in [3.63, 3.8) is 0 Å². The minimum atomic E-state index is -1.27. The van der Waals surface area contributed by atoms with Crippen molar-refractivity contribution in [2.45, 2.75) is 32.5 Å². The summed E-state index contributed by atoms with van der Waals surface area (Å²) in [5.74, 6) is -2.01. The van der Waals surface area contributed by atoms with Gasteiger partial charge in [-0.05, 0) is 6.08 Å². The lowest BCUT2D eigenvalue weighted by atomic mass is 10.2. The smallest absolute Gasteiger partial charge is 0.348 e. The van der Waals surface area contributed by atoms with Gasteiger partial charge in [0, 0.05) is 13.5 Å². The Labute approximate surface area is 141 Å². The minimum Gasteiger partial charge on any atom is -0.469 e. The van der Waals surface area contributed by atoms with Crippen LogP contribution in [0.4, 0.5) is 0 Å². The third kappa shape index (κ3) is 3.54. The van der Waals surface area contributed by atoms with Gasteiger partial charge < -0.3 is 14.2 Å². The summed E-state index contributed by atoms with van der Waals surface area (Å²) in [7, 11) is 2.31. The highest BCUT2D eigenvalue weighted by Gasteiger charge is 2.32. The highest BCUT2D eigenvalue weighted by Crippen LogP contribution is 2.18. The summed E-state index contributed by atoms with van der Waals surface area (Å²) in [6, 6.07) is -1.27. The predicted molar refractivity (Wildman–Crippen MR) is 80.5 cm³/mol. The lowest BCUT2D eigenvalue weighted by Gasteiger charge is -2.22. The van der Waals surface area contributed by atoms with Crippen molar-refractivity contribution in [2.24, 2.45) is 0 Å². The molecule has 11 heteroatoms. The number of methoxy groups -OCH3 is 2. The maximum absolute atomic E-state index is 12.5. The number of ether oxygens (including phenoxy) is 3. The number of allylic oxidation sites excluding steroid dienone is 1. The molecule has 1 unspecified atom stereocenters. The van der Waals surface area contributed by atoms with Crippen molar-refractivity contribution < 1.29 is 28.6 Å². The van der Waals surface area contributed by atoms with Gasteiger partial charge in [-0.25, -0.2) is 28.3 Å². The Kier molecular flexibility index (Phi) is 5.25. The number of hydrogen-bond donors (Lipinski definition) is 0. The predicted octanol–water partition coefficient (Wildman–Crippen LogP) is -1.45. The van der Waals surface area contributed by atoms with Crippen molar-refractivity contribution in [1.82, 2.24) is 13.9 Å². The first-order chi connectivity index (χ1) is 11.8. The SMILES string of the molecule is COC(=O)CCn1c(=O)n2n(c1=O)C(C(=O)OC)C=C(OC(C)=O)C2. The average Bonchev–Trinajstić information content (AvgIpc) is 2.81. The van der Waals surface area contributed by atoms with Crippen LogP contribution in [0.5, 0.6) is 0 Å². The summed E-state index contributed by atoms with van der Waals surface area (Å²) in [6.45, 7) is 0.737. The molecule has 1 aliphatic rings.